The molecule has 5 nitrogen and oxygen atoms in total. The van der Waals surface area contributed by atoms with Crippen LogP contribution in [0.1, 0.15) is 25.8 Å². The summed E-state index contributed by atoms with van der Waals surface area (Å²) in [5, 5.41) is 14.5. The Balaban J connectivity index is 2.22. The van der Waals surface area contributed by atoms with E-state index < -0.39 is 6.10 Å². The summed E-state index contributed by atoms with van der Waals surface area (Å²) >= 11 is 0. The van der Waals surface area contributed by atoms with Crippen molar-refractivity contribution in [3.05, 3.63) is 29.8 Å². The molecule has 0 heterocycles. The fraction of sp³-hybridized carbons (Fsp3) is 0.533. The second-order valence-electron chi connectivity index (χ2n) is 5.02. The van der Waals surface area contributed by atoms with Crippen molar-refractivity contribution in [1.82, 2.24) is 10.6 Å². The highest BCUT2D eigenvalue weighted by Crippen LogP contribution is 2.13. The summed E-state index contributed by atoms with van der Waals surface area (Å²) in [5.74, 6) is 0.800. The third kappa shape index (κ3) is 6.99. The quantitative estimate of drug-likeness (QED) is 0.713. The molecule has 0 radical (unpaired) electrons. The lowest BCUT2D eigenvalue weighted by Gasteiger charge is -2.16. The summed E-state index contributed by atoms with van der Waals surface area (Å²) < 4.78 is 5.71. The van der Waals surface area contributed by atoms with E-state index in [0.717, 1.165) is 11.3 Å². The summed E-state index contributed by atoms with van der Waals surface area (Å²) in [4.78, 5) is 11.5. The molecule has 5 heteroatoms. The van der Waals surface area contributed by atoms with E-state index in [1.54, 1.807) is 6.92 Å². The van der Waals surface area contributed by atoms with E-state index in [0.29, 0.717) is 19.5 Å². The highest BCUT2D eigenvalue weighted by atomic mass is 16.5. The third-order valence-electron chi connectivity index (χ3n) is 2.72. The SMILES string of the molecule is Cc1cccc(OC(C)CNC(=O)NCCC(C)O)c1. The van der Waals surface area contributed by atoms with E-state index in [1.165, 1.54) is 0 Å². The fourth-order valence-electron chi connectivity index (χ4n) is 1.66. The van der Waals surface area contributed by atoms with E-state index in [2.05, 4.69) is 10.6 Å². The molecular weight excluding hydrogens is 256 g/mol. The maximum Gasteiger partial charge on any atom is 0.314 e. The molecule has 0 spiro atoms. The van der Waals surface area contributed by atoms with Gasteiger partial charge in [0.15, 0.2) is 0 Å². The molecule has 1 aromatic carbocycles. The zero-order valence-electron chi connectivity index (χ0n) is 12.3. The van der Waals surface area contributed by atoms with Gasteiger partial charge in [-0.1, -0.05) is 12.1 Å². The third-order valence-corrected chi connectivity index (χ3v) is 2.72. The van der Waals surface area contributed by atoms with Gasteiger partial charge in [-0.3, -0.25) is 0 Å². The topological polar surface area (TPSA) is 70.6 Å². The molecule has 2 atom stereocenters. The van der Waals surface area contributed by atoms with Crippen molar-refractivity contribution in [2.24, 2.45) is 0 Å². The predicted octanol–water partition coefficient (Wildman–Crippen LogP) is 1.83. The molecule has 2 amide bonds. The second-order valence-corrected chi connectivity index (χ2v) is 5.02. The summed E-state index contributed by atoms with van der Waals surface area (Å²) in [6.45, 7) is 6.48. The van der Waals surface area contributed by atoms with Gasteiger partial charge in [0.2, 0.25) is 0 Å². The number of urea groups is 1. The van der Waals surface area contributed by atoms with Crippen molar-refractivity contribution in [1.29, 1.82) is 0 Å². The molecule has 112 valence electrons. The molecule has 0 aliphatic heterocycles. The largest absolute Gasteiger partial charge is 0.489 e. The van der Waals surface area contributed by atoms with Gasteiger partial charge in [-0.25, -0.2) is 4.79 Å². The van der Waals surface area contributed by atoms with Crippen LogP contribution in [0.15, 0.2) is 24.3 Å². The summed E-state index contributed by atoms with van der Waals surface area (Å²) in [6, 6.07) is 7.55. The Morgan fingerprint density at radius 1 is 1.35 bits per heavy atom. The summed E-state index contributed by atoms with van der Waals surface area (Å²) in [7, 11) is 0. The van der Waals surface area contributed by atoms with Crippen LogP contribution >= 0.6 is 0 Å². The van der Waals surface area contributed by atoms with Gasteiger partial charge in [-0.15, -0.1) is 0 Å². The van der Waals surface area contributed by atoms with Crippen molar-refractivity contribution in [2.45, 2.75) is 39.4 Å². The molecule has 20 heavy (non-hydrogen) atoms. The maximum absolute atomic E-state index is 11.5. The number of aryl methyl sites for hydroxylation is 1. The lowest BCUT2D eigenvalue weighted by Crippen LogP contribution is -2.41. The van der Waals surface area contributed by atoms with Crippen LogP contribution in [0.3, 0.4) is 0 Å². The minimum absolute atomic E-state index is 0.112. The van der Waals surface area contributed by atoms with Crippen LogP contribution in [0.4, 0.5) is 4.79 Å². The molecule has 0 aromatic heterocycles. The zero-order valence-corrected chi connectivity index (χ0v) is 12.3. The standard InChI is InChI=1S/C15H24N2O3/c1-11-5-4-6-14(9-11)20-13(3)10-17-15(19)16-8-7-12(2)18/h4-6,9,12-13,18H,7-8,10H2,1-3H3,(H2,16,17,19). The number of carbonyl (C=O) groups is 1. The average molecular weight is 280 g/mol. The van der Waals surface area contributed by atoms with Crippen LogP contribution in [0.25, 0.3) is 0 Å². The molecule has 1 rings (SSSR count). The van der Waals surface area contributed by atoms with Crippen LogP contribution in [-0.2, 0) is 0 Å². The smallest absolute Gasteiger partial charge is 0.314 e. The van der Waals surface area contributed by atoms with Gasteiger partial charge in [-0.05, 0) is 44.9 Å². The van der Waals surface area contributed by atoms with Gasteiger partial charge in [-0.2, -0.15) is 0 Å². The van der Waals surface area contributed by atoms with Crippen LogP contribution in [0.5, 0.6) is 5.75 Å². The van der Waals surface area contributed by atoms with E-state index in [9.17, 15) is 4.79 Å². The van der Waals surface area contributed by atoms with E-state index in [1.807, 2.05) is 38.1 Å². The Labute approximate surface area is 120 Å². The highest BCUT2D eigenvalue weighted by Gasteiger charge is 2.07. The lowest BCUT2D eigenvalue weighted by molar-refractivity contribution is 0.182. The molecule has 0 saturated heterocycles. The predicted molar refractivity (Wildman–Crippen MR) is 79.0 cm³/mol. The van der Waals surface area contributed by atoms with Gasteiger partial charge in [0.25, 0.3) is 0 Å². The number of hydrogen-bond acceptors (Lipinski definition) is 3. The number of hydrogen-bond donors (Lipinski definition) is 3. The van der Waals surface area contributed by atoms with Crippen molar-refractivity contribution in [3.8, 4) is 5.75 Å². The van der Waals surface area contributed by atoms with Crippen molar-refractivity contribution < 1.29 is 14.6 Å². The van der Waals surface area contributed by atoms with Gasteiger partial charge < -0.3 is 20.5 Å². The zero-order chi connectivity index (χ0) is 15.0. The minimum atomic E-state index is -0.404. The first-order valence-corrected chi connectivity index (χ1v) is 6.90. The van der Waals surface area contributed by atoms with Gasteiger partial charge in [0.1, 0.15) is 11.9 Å². The number of rotatable bonds is 7. The monoisotopic (exact) mass is 280 g/mol. The molecule has 0 bridgehead atoms. The minimum Gasteiger partial charge on any atom is -0.489 e. The van der Waals surface area contributed by atoms with E-state index in [4.69, 9.17) is 9.84 Å². The van der Waals surface area contributed by atoms with Gasteiger partial charge >= 0.3 is 6.03 Å². The second kappa shape index (κ2) is 8.43. The van der Waals surface area contributed by atoms with Crippen LogP contribution in [0, 0.1) is 6.92 Å². The fourth-order valence-corrected chi connectivity index (χ4v) is 1.66. The molecule has 0 aliphatic carbocycles. The first-order chi connectivity index (χ1) is 9.47. The van der Waals surface area contributed by atoms with Crippen molar-refractivity contribution in [2.75, 3.05) is 13.1 Å². The number of benzene rings is 1. The Morgan fingerprint density at radius 3 is 2.75 bits per heavy atom. The first-order valence-electron chi connectivity index (χ1n) is 6.90. The number of amides is 2. The van der Waals surface area contributed by atoms with E-state index >= 15 is 0 Å². The number of carbonyl (C=O) groups excluding carboxylic acids is 1. The van der Waals surface area contributed by atoms with E-state index in [-0.39, 0.29) is 12.1 Å². The van der Waals surface area contributed by atoms with Gasteiger partial charge in [0.05, 0.1) is 12.6 Å². The lowest BCUT2D eigenvalue weighted by atomic mass is 10.2. The molecule has 0 fully saturated rings. The maximum atomic E-state index is 11.5. The number of aliphatic hydroxyl groups is 1. The molecule has 2 unspecified atom stereocenters. The number of aliphatic hydroxyl groups excluding tert-OH is 1. The normalized spacial score (nSPS) is 13.4. The van der Waals surface area contributed by atoms with Crippen LogP contribution in [0.2, 0.25) is 0 Å². The average Bonchev–Trinajstić information content (AvgIpc) is 2.36. The molecule has 0 saturated carbocycles. The van der Waals surface area contributed by atoms with Crippen molar-refractivity contribution >= 4 is 6.03 Å². The first kappa shape index (κ1) is 16.3. The summed E-state index contributed by atoms with van der Waals surface area (Å²) in [6.07, 6.45) is 0.0288. The number of ether oxygens (including phenoxy) is 1. The molecule has 0 aliphatic rings. The number of nitrogens with one attached hydrogen (secondary N) is 2. The molecule has 3 N–H and O–H groups in total. The highest BCUT2D eigenvalue weighted by molar-refractivity contribution is 5.73. The molecule has 1 aromatic rings. The van der Waals surface area contributed by atoms with Crippen LogP contribution in [-0.4, -0.2) is 36.4 Å². The Bertz CT molecular complexity index is 421. The molecular formula is C15H24N2O3. The Hall–Kier alpha value is -1.75. The van der Waals surface area contributed by atoms with Crippen LogP contribution < -0.4 is 15.4 Å². The summed E-state index contributed by atoms with van der Waals surface area (Å²) in [5.41, 5.74) is 1.14. The van der Waals surface area contributed by atoms with Gasteiger partial charge in [0, 0.05) is 6.54 Å². The van der Waals surface area contributed by atoms with Crippen molar-refractivity contribution in [3.63, 3.8) is 0 Å². The Morgan fingerprint density at radius 2 is 2.10 bits per heavy atom. The Kier molecular flexibility index (Phi) is 6.87.